The Balaban J connectivity index is 1.57. The topological polar surface area (TPSA) is 56.3 Å². The first kappa shape index (κ1) is 17.0. The number of para-hydroxylation sites is 1. The van der Waals surface area contributed by atoms with E-state index in [-0.39, 0.29) is 17.9 Å². The molecule has 3 rings (SSSR count). The van der Waals surface area contributed by atoms with E-state index in [1.165, 1.54) is 28.5 Å². The van der Waals surface area contributed by atoms with Crippen LogP contribution in [0.5, 0.6) is 0 Å². The Kier molecular flexibility index (Phi) is 5.24. The van der Waals surface area contributed by atoms with Crippen molar-refractivity contribution < 1.29 is 9.90 Å². The number of fused-ring (bicyclic) bond motifs is 1. The van der Waals surface area contributed by atoms with Crippen molar-refractivity contribution in [2.45, 2.75) is 51.6 Å². The van der Waals surface area contributed by atoms with Crippen molar-refractivity contribution in [1.82, 2.24) is 9.88 Å². The van der Waals surface area contributed by atoms with Crippen LogP contribution in [0.3, 0.4) is 0 Å². The minimum atomic E-state index is -0.245. The lowest BCUT2D eigenvalue weighted by molar-refractivity contribution is -0.131. The average Bonchev–Trinajstić information content (AvgIpc) is 2.99. The van der Waals surface area contributed by atoms with Gasteiger partial charge >= 0.3 is 0 Å². The average molecular weight is 328 g/mol. The van der Waals surface area contributed by atoms with E-state index in [0.29, 0.717) is 13.0 Å². The van der Waals surface area contributed by atoms with Crippen LogP contribution in [0.25, 0.3) is 10.9 Å². The summed E-state index contributed by atoms with van der Waals surface area (Å²) >= 11 is 0. The highest BCUT2D eigenvalue weighted by Crippen LogP contribution is 2.25. The van der Waals surface area contributed by atoms with E-state index in [1.807, 2.05) is 13.2 Å². The number of hydrogen-bond donors (Lipinski definition) is 2. The molecule has 0 radical (unpaired) electrons. The minimum Gasteiger partial charge on any atom is -0.393 e. The molecular weight excluding hydrogens is 300 g/mol. The largest absolute Gasteiger partial charge is 0.393 e. The number of aromatic nitrogens is 1. The van der Waals surface area contributed by atoms with Gasteiger partial charge in [-0.25, -0.2) is 0 Å². The second-order valence-electron chi connectivity index (χ2n) is 7.20. The fourth-order valence-electron chi connectivity index (χ4n) is 3.86. The third-order valence-electron chi connectivity index (χ3n) is 5.42. The fraction of sp³-hybridized carbons (Fsp3) is 0.550. The zero-order valence-corrected chi connectivity index (χ0v) is 14.7. The Labute approximate surface area is 143 Å². The number of aliphatic hydroxyl groups excluding tert-OH is 1. The molecule has 0 aliphatic heterocycles. The summed E-state index contributed by atoms with van der Waals surface area (Å²) in [5, 5.41) is 11.3. The monoisotopic (exact) mass is 328 g/mol. The highest BCUT2D eigenvalue weighted by Gasteiger charge is 2.25. The van der Waals surface area contributed by atoms with Crippen molar-refractivity contribution in [2.75, 3.05) is 13.6 Å². The van der Waals surface area contributed by atoms with Crippen LogP contribution in [0.4, 0.5) is 0 Å². The molecule has 2 unspecified atom stereocenters. The van der Waals surface area contributed by atoms with Crippen LogP contribution in [0.2, 0.25) is 0 Å². The molecule has 130 valence electrons. The molecule has 0 saturated heterocycles. The van der Waals surface area contributed by atoms with Crippen LogP contribution in [0.15, 0.2) is 24.4 Å². The van der Waals surface area contributed by atoms with E-state index in [9.17, 15) is 9.90 Å². The lowest BCUT2D eigenvalue weighted by atomic mass is 9.86. The molecule has 1 aromatic carbocycles. The quantitative estimate of drug-likeness (QED) is 0.883. The molecule has 4 heteroatoms. The molecule has 0 spiro atoms. The highest BCUT2D eigenvalue weighted by molar-refractivity contribution is 5.86. The molecule has 1 saturated carbocycles. The molecule has 1 heterocycles. The van der Waals surface area contributed by atoms with Gasteiger partial charge in [-0.15, -0.1) is 0 Å². The number of rotatable bonds is 5. The molecule has 2 atom stereocenters. The predicted molar refractivity (Wildman–Crippen MR) is 97.0 cm³/mol. The third-order valence-corrected chi connectivity index (χ3v) is 5.42. The summed E-state index contributed by atoms with van der Waals surface area (Å²) in [5.74, 6) is 0.401. The smallest absolute Gasteiger partial charge is 0.222 e. The first-order valence-corrected chi connectivity index (χ1v) is 9.04. The molecular formula is C20H28N2O2. The van der Waals surface area contributed by atoms with Gasteiger partial charge < -0.3 is 15.0 Å². The summed E-state index contributed by atoms with van der Waals surface area (Å²) in [6.45, 7) is 2.77. The third kappa shape index (κ3) is 3.64. The van der Waals surface area contributed by atoms with Gasteiger partial charge in [-0.3, -0.25) is 4.79 Å². The SMILES string of the molecule is Cc1cccc2c(CCC(=O)N(C)CC3CCCCC3O)c[nH]c12. The molecule has 1 aromatic heterocycles. The number of aliphatic hydroxyl groups is 1. The first-order valence-electron chi connectivity index (χ1n) is 9.04. The number of hydrogen-bond acceptors (Lipinski definition) is 2. The molecule has 2 aromatic rings. The summed E-state index contributed by atoms with van der Waals surface area (Å²) in [6, 6.07) is 6.27. The molecule has 2 N–H and O–H groups in total. The van der Waals surface area contributed by atoms with E-state index in [1.54, 1.807) is 4.90 Å². The maximum absolute atomic E-state index is 12.5. The van der Waals surface area contributed by atoms with Gasteiger partial charge in [0, 0.05) is 43.0 Å². The van der Waals surface area contributed by atoms with Crippen molar-refractivity contribution in [1.29, 1.82) is 0 Å². The molecule has 1 aliphatic carbocycles. The number of benzene rings is 1. The van der Waals surface area contributed by atoms with Crippen LogP contribution >= 0.6 is 0 Å². The van der Waals surface area contributed by atoms with Gasteiger partial charge in [0.05, 0.1) is 6.10 Å². The van der Waals surface area contributed by atoms with Crippen molar-refractivity contribution in [3.8, 4) is 0 Å². The number of aromatic amines is 1. The number of nitrogens with zero attached hydrogens (tertiary/aromatic N) is 1. The lowest BCUT2D eigenvalue weighted by Crippen LogP contribution is -2.38. The first-order chi connectivity index (χ1) is 11.6. The van der Waals surface area contributed by atoms with Crippen molar-refractivity contribution in [2.24, 2.45) is 5.92 Å². The maximum Gasteiger partial charge on any atom is 0.222 e. The van der Waals surface area contributed by atoms with Gasteiger partial charge in [-0.1, -0.05) is 31.0 Å². The van der Waals surface area contributed by atoms with E-state index in [0.717, 1.165) is 25.7 Å². The lowest BCUT2D eigenvalue weighted by Gasteiger charge is -2.31. The maximum atomic E-state index is 12.5. The van der Waals surface area contributed by atoms with E-state index >= 15 is 0 Å². The highest BCUT2D eigenvalue weighted by atomic mass is 16.3. The number of amides is 1. The van der Waals surface area contributed by atoms with Crippen LogP contribution < -0.4 is 0 Å². The number of nitrogens with one attached hydrogen (secondary N) is 1. The van der Waals surface area contributed by atoms with Gasteiger partial charge in [-0.2, -0.15) is 0 Å². The number of aryl methyl sites for hydroxylation is 2. The summed E-state index contributed by atoms with van der Waals surface area (Å²) in [7, 11) is 1.86. The molecule has 1 fully saturated rings. The van der Waals surface area contributed by atoms with Crippen molar-refractivity contribution >= 4 is 16.8 Å². The standard InChI is InChI=1S/C20H28N2O2/c1-14-6-5-8-17-15(12-21-20(14)17)10-11-19(24)22(2)13-16-7-3-4-9-18(16)23/h5-6,8,12,16,18,21,23H,3-4,7,9-11,13H2,1-2H3. The molecule has 1 aliphatic rings. The number of carbonyl (C=O) groups excluding carboxylic acids is 1. The Bertz CT molecular complexity index is 707. The van der Waals surface area contributed by atoms with Crippen LogP contribution in [-0.4, -0.2) is 40.6 Å². The van der Waals surface area contributed by atoms with E-state index in [2.05, 4.69) is 30.1 Å². The molecule has 0 bridgehead atoms. The second kappa shape index (κ2) is 7.39. The van der Waals surface area contributed by atoms with Gasteiger partial charge in [0.1, 0.15) is 0 Å². The molecule has 4 nitrogen and oxygen atoms in total. The Hall–Kier alpha value is -1.81. The summed E-state index contributed by atoms with van der Waals surface area (Å²) in [4.78, 5) is 17.6. The van der Waals surface area contributed by atoms with Gasteiger partial charge in [0.2, 0.25) is 5.91 Å². The number of H-pyrrole nitrogens is 1. The fourth-order valence-corrected chi connectivity index (χ4v) is 3.86. The summed E-state index contributed by atoms with van der Waals surface area (Å²) in [5.41, 5.74) is 3.60. The van der Waals surface area contributed by atoms with Crippen LogP contribution in [0.1, 0.15) is 43.2 Å². The van der Waals surface area contributed by atoms with Crippen molar-refractivity contribution in [3.05, 3.63) is 35.5 Å². The van der Waals surface area contributed by atoms with E-state index < -0.39 is 0 Å². The zero-order valence-electron chi connectivity index (χ0n) is 14.7. The normalized spacial score (nSPS) is 21.1. The zero-order chi connectivity index (χ0) is 17.1. The molecule has 1 amide bonds. The Morgan fingerprint density at radius 2 is 2.12 bits per heavy atom. The van der Waals surface area contributed by atoms with Gasteiger partial charge in [0.25, 0.3) is 0 Å². The Morgan fingerprint density at radius 3 is 2.92 bits per heavy atom. The van der Waals surface area contributed by atoms with Crippen LogP contribution in [-0.2, 0) is 11.2 Å². The van der Waals surface area contributed by atoms with E-state index in [4.69, 9.17) is 0 Å². The Morgan fingerprint density at radius 1 is 1.33 bits per heavy atom. The summed E-state index contributed by atoms with van der Waals surface area (Å²) < 4.78 is 0. The summed E-state index contributed by atoms with van der Waals surface area (Å²) in [6.07, 6.45) is 7.22. The number of carbonyl (C=O) groups is 1. The van der Waals surface area contributed by atoms with Crippen molar-refractivity contribution in [3.63, 3.8) is 0 Å². The van der Waals surface area contributed by atoms with Crippen LogP contribution in [0, 0.1) is 12.8 Å². The van der Waals surface area contributed by atoms with Gasteiger partial charge in [0.15, 0.2) is 0 Å². The predicted octanol–water partition coefficient (Wildman–Crippen LogP) is 3.42. The van der Waals surface area contributed by atoms with Gasteiger partial charge in [-0.05, 0) is 37.3 Å². The second-order valence-corrected chi connectivity index (χ2v) is 7.20. The minimum absolute atomic E-state index is 0.162. The molecule has 24 heavy (non-hydrogen) atoms.